The van der Waals surface area contributed by atoms with Crippen LogP contribution in [0.5, 0.6) is 0 Å². The number of hydrogen-bond acceptors (Lipinski definition) is 4. The highest BCUT2D eigenvalue weighted by atomic mass is 16.5. The normalized spacial score (nSPS) is 14.0. The molecule has 5 nitrogen and oxygen atoms in total. The van der Waals surface area contributed by atoms with Crippen molar-refractivity contribution in [1.29, 1.82) is 0 Å². The van der Waals surface area contributed by atoms with Gasteiger partial charge in [-0.05, 0) is 12.3 Å². The maximum atomic E-state index is 11.9. The number of unbranched alkanes of at least 4 members (excludes halogenated alkanes) is 5. The molecule has 0 aromatic carbocycles. The molecule has 0 heterocycles. The molecule has 0 bridgehead atoms. The van der Waals surface area contributed by atoms with Gasteiger partial charge in [-0.3, -0.25) is 4.79 Å². The molecule has 154 valence electrons. The van der Waals surface area contributed by atoms with Gasteiger partial charge < -0.3 is 19.1 Å². The Labute approximate surface area is 160 Å². The first kappa shape index (κ1) is 24.9. The fourth-order valence-corrected chi connectivity index (χ4v) is 3.29. The lowest BCUT2D eigenvalue weighted by Gasteiger charge is -2.29. The summed E-state index contributed by atoms with van der Waals surface area (Å²) in [5.41, 5.74) is 0. The minimum atomic E-state index is -1.18. The standard InChI is InChI=1S/C21H41NO4/c1-6-13-18(2)14-11-9-7-8-10-12-15-21(25)26-19(16-20(23)24)17-22(3,4)5/h18-19H,6-17H2,1-5H3. The second-order valence-electron chi connectivity index (χ2n) is 8.71. The molecule has 0 amide bonds. The largest absolute Gasteiger partial charge is 0.550 e. The molecule has 2 atom stereocenters. The Morgan fingerprint density at radius 1 is 0.962 bits per heavy atom. The number of ether oxygens (including phenoxy) is 1. The lowest BCUT2D eigenvalue weighted by molar-refractivity contribution is -0.873. The van der Waals surface area contributed by atoms with Crippen LogP contribution in [0.1, 0.15) is 84.5 Å². The summed E-state index contributed by atoms with van der Waals surface area (Å²) in [6.07, 6.45) is 10.2. The Morgan fingerprint density at radius 2 is 1.54 bits per heavy atom. The fraction of sp³-hybridized carbons (Fsp3) is 0.905. The third kappa shape index (κ3) is 16.4. The van der Waals surface area contributed by atoms with Gasteiger partial charge in [0.15, 0.2) is 6.10 Å². The van der Waals surface area contributed by atoms with Gasteiger partial charge in [-0.15, -0.1) is 0 Å². The van der Waals surface area contributed by atoms with E-state index in [1.165, 1.54) is 38.5 Å². The van der Waals surface area contributed by atoms with Gasteiger partial charge in [-0.2, -0.15) is 0 Å². The quantitative estimate of drug-likeness (QED) is 0.237. The average molecular weight is 372 g/mol. The first-order chi connectivity index (χ1) is 12.1. The van der Waals surface area contributed by atoms with E-state index in [-0.39, 0.29) is 12.4 Å². The number of aliphatic carboxylic acids is 1. The Hall–Kier alpha value is -1.10. The van der Waals surface area contributed by atoms with Crippen molar-refractivity contribution in [1.82, 2.24) is 0 Å². The summed E-state index contributed by atoms with van der Waals surface area (Å²) >= 11 is 0. The lowest BCUT2D eigenvalue weighted by Crippen LogP contribution is -2.45. The van der Waals surface area contributed by atoms with Gasteiger partial charge in [0.1, 0.15) is 6.54 Å². The number of carbonyl (C=O) groups is 2. The molecule has 26 heavy (non-hydrogen) atoms. The average Bonchev–Trinajstić information content (AvgIpc) is 2.47. The van der Waals surface area contributed by atoms with Crippen molar-refractivity contribution < 1.29 is 23.9 Å². The number of carboxylic acids is 1. The van der Waals surface area contributed by atoms with Crippen LogP contribution in [0.4, 0.5) is 0 Å². The molecule has 0 N–H and O–H groups in total. The molecule has 0 aliphatic heterocycles. The van der Waals surface area contributed by atoms with Crippen LogP contribution in [0, 0.1) is 5.92 Å². The third-order valence-corrected chi connectivity index (χ3v) is 4.55. The highest BCUT2D eigenvalue weighted by Crippen LogP contribution is 2.16. The van der Waals surface area contributed by atoms with Crippen molar-refractivity contribution in [2.45, 2.75) is 90.6 Å². The molecule has 0 saturated carbocycles. The molecule has 0 aromatic heterocycles. The lowest BCUT2D eigenvalue weighted by atomic mass is 9.98. The van der Waals surface area contributed by atoms with Crippen LogP contribution in [-0.4, -0.2) is 50.2 Å². The molecular weight excluding hydrogens is 330 g/mol. The molecule has 0 radical (unpaired) electrons. The van der Waals surface area contributed by atoms with Crippen molar-refractivity contribution in [2.75, 3.05) is 27.7 Å². The van der Waals surface area contributed by atoms with Gasteiger partial charge in [0.05, 0.1) is 21.1 Å². The SMILES string of the molecule is CCCC(C)CCCCCCCCC(=O)OC(CC(=O)[O-])C[N+](C)(C)C. The summed E-state index contributed by atoms with van der Waals surface area (Å²) in [5.74, 6) is -0.627. The maximum absolute atomic E-state index is 11.9. The summed E-state index contributed by atoms with van der Waals surface area (Å²) < 4.78 is 5.90. The molecule has 0 saturated heterocycles. The summed E-state index contributed by atoms with van der Waals surface area (Å²) in [5, 5.41) is 10.8. The molecule has 0 aliphatic rings. The summed E-state index contributed by atoms with van der Waals surface area (Å²) in [4.78, 5) is 22.8. The van der Waals surface area contributed by atoms with Gasteiger partial charge in [0.25, 0.3) is 0 Å². The first-order valence-electron chi connectivity index (χ1n) is 10.3. The van der Waals surface area contributed by atoms with Gasteiger partial charge >= 0.3 is 5.97 Å². The van der Waals surface area contributed by atoms with Gasteiger partial charge in [0, 0.05) is 18.8 Å². The van der Waals surface area contributed by atoms with Crippen LogP contribution in [0.15, 0.2) is 0 Å². The molecule has 0 aliphatic carbocycles. The van der Waals surface area contributed by atoms with E-state index >= 15 is 0 Å². The van der Waals surface area contributed by atoms with Gasteiger partial charge in [-0.1, -0.05) is 65.2 Å². The van der Waals surface area contributed by atoms with Crippen LogP contribution in [0.3, 0.4) is 0 Å². The second kappa shape index (κ2) is 14.0. The van der Waals surface area contributed by atoms with E-state index in [0.717, 1.165) is 25.2 Å². The van der Waals surface area contributed by atoms with Gasteiger partial charge in [0.2, 0.25) is 0 Å². The van der Waals surface area contributed by atoms with E-state index in [1.54, 1.807) is 0 Å². The molecule has 0 fully saturated rings. The molecule has 0 aromatic rings. The number of carbonyl (C=O) groups excluding carboxylic acids is 2. The smallest absolute Gasteiger partial charge is 0.306 e. The van der Waals surface area contributed by atoms with Crippen LogP contribution in [0.2, 0.25) is 0 Å². The van der Waals surface area contributed by atoms with Crippen LogP contribution in [0.25, 0.3) is 0 Å². The topological polar surface area (TPSA) is 66.4 Å². The van der Waals surface area contributed by atoms with Crippen molar-refractivity contribution >= 4 is 11.9 Å². The molecule has 0 rings (SSSR count). The van der Waals surface area contributed by atoms with Gasteiger partial charge in [-0.25, -0.2) is 0 Å². The van der Waals surface area contributed by atoms with E-state index in [2.05, 4.69) is 13.8 Å². The fourth-order valence-electron chi connectivity index (χ4n) is 3.29. The number of nitrogens with zero attached hydrogens (tertiary/aromatic N) is 1. The highest BCUT2D eigenvalue weighted by Gasteiger charge is 2.22. The van der Waals surface area contributed by atoms with Crippen LogP contribution < -0.4 is 5.11 Å². The molecule has 0 spiro atoms. The zero-order valence-corrected chi connectivity index (χ0v) is 17.7. The van der Waals surface area contributed by atoms with Crippen molar-refractivity contribution in [3.8, 4) is 0 Å². The zero-order valence-electron chi connectivity index (χ0n) is 17.7. The van der Waals surface area contributed by atoms with Crippen molar-refractivity contribution in [2.24, 2.45) is 5.92 Å². The number of rotatable bonds is 16. The highest BCUT2D eigenvalue weighted by molar-refractivity contribution is 5.70. The monoisotopic (exact) mass is 371 g/mol. The number of hydrogen-bond donors (Lipinski definition) is 0. The predicted molar refractivity (Wildman–Crippen MR) is 103 cm³/mol. The van der Waals surface area contributed by atoms with E-state index in [1.807, 2.05) is 21.1 Å². The Balaban J connectivity index is 3.81. The maximum Gasteiger partial charge on any atom is 0.306 e. The number of quaternary nitrogens is 1. The zero-order chi connectivity index (χ0) is 20.0. The summed E-state index contributed by atoms with van der Waals surface area (Å²) in [7, 11) is 5.83. The summed E-state index contributed by atoms with van der Waals surface area (Å²) in [6.45, 7) is 5.04. The summed E-state index contributed by atoms with van der Waals surface area (Å²) in [6, 6.07) is 0. The van der Waals surface area contributed by atoms with Crippen LogP contribution in [-0.2, 0) is 14.3 Å². The Bertz CT molecular complexity index is 390. The second-order valence-corrected chi connectivity index (χ2v) is 8.71. The number of esters is 1. The third-order valence-electron chi connectivity index (χ3n) is 4.55. The Morgan fingerprint density at radius 3 is 2.08 bits per heavy atom. The molecule has 5 heteroatoms. The molecular formula is C21H41NO4. The molecule has 2 unspecified atom stereocenters. The number of likely N-dealkylation sites (N-methyl/N-ethyl adjacent to an activating group) is 1. The van der Waals surface area contributed by atoms with E-state index in [4.69, 9.17) is 4.74 Å². The van der Waals surface area contributed by atoms with E-state index < -0.39 is 12.1 Å². The van der Waals surface area contributed by atoms with Crippen LogP contribution >= 0.6 is 0 Å². The number of carboxylic acid groups (broad SMARTS) is 1. The van der Waals surface area contributed by atoms with Crippen molar-refractivity contribution in [3.63, 3.8) is 0 Å². The minimum Gasteiger partial charge on any atom is -0.550 e. The first-order valence-corrected chi connectivity index (χ1v) is 10.3. The van der Waals surface area contributed by atoms with Crippen molar-refractivity contribution in [3.05, 3.63) is 0 Å². The van der Waals surface area contributed by atoms with E-state index in [9.17, 15) is 14.7 Å². The Kier molecular flexibility index (Phi) is 13.4. The van der Waals surface area contributed by atoms with E-state index in [0.29, 0.717) is 17.4 Å². The minimum absolute atomic E-state index is 0.238. The predicted octanol–water partition coefficient (Wildman–Crippen LogP) is 3.30.